The summed E-state index contributed by atoms with van der Waals surface area (Å²) in [6, 6.07) is 4.69. The SMILES string of the molecule is CC1CCN(C(=O)c2ccc(-c3noc(C(F)(F)F)n3)cc2)C(C(=O)O)C1. The van der Waals surface area contributed by atoms with Crippen LogP contribution in [0.15, 0.2) is 28.8 Å². The normalized spacial score (nSPS) is 20.5. The number of hydrogen-bond donors (Lipinski definition) is 1. The van der Waals surface area contributed by atoms with Gasteiger partial charge in [-0.15, -0.1) is 0 Å². The Labute approximate surface area is 151 Å². The molecule has 1 fully saturated rings. The second kappa shape index (κ2) is 7.01. The summed E-state index contributed by atoms with van der Waals surface area (Å²) in [5, 5.41) is 12.7. The zero-order chi connectivity index (χ0) is 19.8. The Morgan fingerprint density at radius 2 is 1.93 bits per heavy atom. The standard InChI is InChI=1S/C17H16F3N3O4/c1-9-6-7-23(12(8-9)15(25)26)14(24)11-4-2-10(3-5-11)13-21-16(27-22-13)17(18,19)20/h2-5,9,12H,6-8H2,1H3,(H,25,26). The maximum absolute atomic E-state index is 12.7. The van der Waals surface area contributed by atoms with Crippen molar-refractivity contribution in [2.45, 2.75) is 32.0 Å². The minimum atomic E-state index is -4.74. The first-order valence-corrected chi connectivity index (χ1v) is 8.22. The first kappa shape index (κ1) is 18.9. The van der Waals surface area contributed by atoms with Crippen LogP contribution in [-0.2, 0) is 11.0 Å². The third kappa shape index (κ3) is 3.93. The van der Waals surface area contributed by atoms with Gasteiger partial charge in [0.1, 0.15) is 6.04 Å². The van der Waals surface area contributed by atoms with Crippen LogP contribution < -0.4 is 0 Å². The zero-order valence-electron chi connectivity index (χ0n) is 14.2. The molecule has 1 N–H and O–H groups in total. The average Bonchev–Trinajstić information content (AvgIpc) is 3.12. The van der Waals surface area contributed by atoms with E-state index in [0.717, 1.165) is 0 Å². The number of carboxylic acid groups (broad SMARTS) is 1. The molecule has 0 spiro atoms. The van der Waals surface area contributed by atoms with Crippen molar-refractivity contribution in [1.82, 2.24) is 15.0 Å². The number of amides is 1. The lowest BCUT2D eigenvalue weighted by molar-refractivity contribution is -0.159. The molecule has 2 heterocycles. The van der Waals surface area contributed by atoms with Crippen LogP contribution in [0.1, 0.15) is 36.0 Å². The second-order valence-electron chi connectivity index (χ2n) is 6.48. The lowest BCUT2D eigenvalue weighted by atomic mass is 9.92. The molecule has 27 heavy (non-hydrogen) atoms. The van der Waals surface area contributed by atoms with Crippen molar-refractivity contribution in [2.24, 2.45) is 5.92 Å². The van der Waals surface area contributed by atoms with Gasteiger partial charge in [-0.05, 0) is 30.9 Å². The Morgan fingerprint density at radius 1 is 1.26 bits per heavy atom. The van der Waals surface area contributed by atoms with Crippen LogP contribution in [0.2, 0.25) is 0 Å². The summed E-state index contributed by atoms with van der Waals surface area (Å²) in [7, 11) is 0. The molecule has 7 nitrogen and oxygen atoms in total. The van der Waals surface area contributed by atoms with Crippen molar-refractivity contribution in [3.8, 4) is 11.4 Å². The molecule has 0 aliphatic carbocycles. The lowest BCUT2D eigenvalue weighted by Crippen LogP contribution is -2.49. The van der Waals surface area contributed by atoms with Crippen molar-refractivity contribution in [3.63, 3.8) is 0 Å². The Kier molecular flexibility index (Phi) is 4.90. The number of alkyl halides is 3. The topological polar surface area (TPSA) is 96.5 Å². The maximum Gasteiger partial charge on any atom is 0.471 e. The molecule has 1 amide bonds. The molecule has 3 rings (SSSR count). The molecule has 1 aromatic heterocycles. The predicted molar refractivity (Wildman–Crippen MR) is 85.6 cm³/mol. The van der Waals surface area contributed by atoms with Gasteiger partial charge in [-0.1, -0.05) is 24.2 Å². The summed E-state index contributed by atoms with van der Waals surface area (Å²) < 4.78 is 41.8. The predicted octanol–water partition coefficient (Wildman–Crippen LogP) is 3.08. The van der Waals surface area contributed by atoms with Crippen molar-refractivity contribution in [1.29, 1.82) is 0 Å². The molecule has 1 aliphatic heterocycles. The number of piperidine rings is 1. The number of rotatable bonds is 3. The van der Waals surface area contributed by atoms with E-state index < -0.39 is 30.0 Å². The fourth-order valence-corrected chi connectivity index (χ4v) is 3.00. The molecule has 144 valence electrons. The molecule has 2 atom stereocenters. The van der Waals surface area contributed by atoms with Crippen molar-refractivity contribution in [2.75, 3.05) is 6.54 Å². The minimum Gasteiger partial charge on any atom is -0.480 e. The van der Waals surface area contributed by atoms with E-state index >= 15 is 0 Å². The van der Waals surface area contributed by atoms with E-state index in [0.29, 0.717) is 19.4 Å². The highest BCUT2D eigenvalue weighted by atomic mass is 19.4. The minimum absolute atomic E-state index is 0.207. The molecule has 2 unspecified atom stereocenters. The molecule has 0 radical (unpaired) electrons. The summed E-state index contributed by atoms with van der Waals surface area (Å²) >= 11 is 0. The first-order chi connectivity index (χ1) is 12.7. The number of carboxylic acids is 1. The summed E-state index contributed by atoms with van der Waals surface area (Å²) in [5.41, 5.74) is 0.479. The smallest absolute Gasteiger partial charge is 0.471 e. The van der Waals surface area contributed by atoms with Gasteiger partial charge >= 0.3 is 18.0 Å². The van der Waals surface area contributed by atoms with Gasteiger partial charge in [-0.25, -0.2) is 4.79 Å². The van der Waals surface area contributed by atoms with Gasteiger partial charge in [-0.3, -0.25) is 4.79 Å². The zero-order valence-corrected chi connectivity index (χ0v) is 14.2. The van der Waals surface area contributed by atoms with Gasteiger partial charge in [0, 0.05) is 17.7 Å². The van der Waals surface area contributed by atoms with E-state index in [1.807, 2.05) is 6.92 Å². The molecular weight excluding hydrogens is 367 g/mol. The second-order valence-corrected chi connectivity index (χ2v) is 6.48. The Hall–Kier alpha value is -2.91. The van der Waals surface area contributed by atoms with E-state index in [1.54, 1.807) is 0 Å². The monoisotopic (exact) mass is 383 g/mol. The largest absolute Gasteiger partial charge is 0.480 e. The number of aliphatic carboxylic acids is 1. The van der Waals surface area contributed by atoms with E-state index in [1.165, 1.54) is 29.2 Å². The highest BCUT2D eigenvalue weighted by molar-refractivity contribution is 5.97. The van der Waals surface area contributed by atoms with Crippen molar-refractivity contribution in [3.05, 3.63) is 35.7 Å². The van der Waals surface area contributed by atoms with Gasteiger partial charge in [0.2, 0.25) is 5.82 Å². The summed E-state index contributed by atoms with van der Waals surface area (Å²) in [6.45, 7) is 2.27. The number of aromatic nitrogens is 2. The summed E-state index contributed by atoms with van der Waals surface area (Å²) in [5.74, 6) is -3.00. The summed E-state index contributed by atoms with van der Waals surface area (Å²) in [4.78, 5) is 28.7. The van der Waals surface area contributed by atoms with Crippen LogP contribution in [0.4, 0.5) is 13.2 Å². The number of carbonyl (C=O) groups is 2. The Balaban J connectivity index is 1.79. The molecule has 1 aliphatic rings. The fraction of sp³-hybridized carbons (Fsp3) is 0.412. The number of benzene rings is 1. The molecule has 1 saturated heterocycles. The first-order valence-electron chi connectivity index (χ1n) is 8.22. The highest BCUT2D eigenvalue weighted by Gasteiger charge is 2.38. The third-order valence-corrected chi connectivity index (χ3v) is 4.47. The van der Waals surface area contributed by atoms with Crippen LogP contribution in [0.3, 0.4) is 0 Å². The highest BCUT2D eigenvalue weighted by Crippen LogP contribution is 2.30. The van der Waals surface area contributed by atoms with Gasteiger partial charge in [0.05, 0.1) is 0 Å². The molecule has 0 saturated carbocycles. The summed E-state index contributed by atoms with van der Waals surface area (Å²) in [6.07, 6.45) is -3.66. The van der Waals surface area contributed by atoms with E-state index in [9.17, 15) is 27.9 Å². The van der Waals surface area contributed by atoms with Gasteiger partial charge < -0.3 is 14.5 Å². The number of hydrogen-bond acceptors (Lipinski definition) is 5. The average molecular weight is 383 g/mol. The van der Waals surface area contributed by atoms with Crippen LogP contribution in [-0.4, -0.2) is 44.6 Å². The Morgan fingerprint density at radius 3 is 2.48 bits per heavy atom. The maximum atomic E-state index is 12.7. The van der Waals surface area contributed by atoms with Crippen molar-refractivity contribution < 1.29 is 32.4 Å². The van der Waals surface area contributed by atoms with E-state index in [2.05, 4.69) is 14.7 Å². The molecule has 2 aromatic rings. The number of halogens is 3. The Bertz CT molecular complexity index is 848. The molecule has 10 heteroatoms. The van der Waals surface area contributed by atoms with Crippen molar-refractivity contribution >= 4 is 11.9 Å². The molecule has 1 aromatic carbocycles. The van der Waals surface area contributed by atoms with E-state index in [4.69, 9.17) is 0 Å². The van der Waals surface area contributed by atoms with Gasteiger partial charge in [0.25, 0.3) is 5.91 Å². The van der Waals surface area contributed by atoms with Crippen LogP contribution in [0.25, 0.3) is 11.4 Å². The number of likely N-dealkylation sites (tertiary alicyclic amines) is 1. The van der Waals surface area contributed by atoms with Crippen LogP contribution in [0, 0.1) is 5.92 Å². The van der Waals surface area contributed by atoms with E-state index in [-0.39, 0.29) is 22.9 Å². The van der Waals surface area contributed by atoms with Gasteiger partial charge in [-0.2, -0.15) is 18.2 Å². The molecular formula is C17H16F3N3O4. The van der Waals surface area contributed by atoms with Gasteiger partial charge in [0.15, 0.2) is 0 Å². The lowest BCUT2D eigenvalue weighted by Gasteiger charge is -2.36. The van der Waals surface area contributed by atoms with Crippen LogP contribution >= 0.6 is 0 Å². The number of carbonyl (C=O) groups excluding carboxylic acids is 1. The van der Waals surface area contributed by atoms with Crippen LogP contribution in [0.5, 0.6) is 0 Å². The molecule has 0 bridgehead atoms. The third-order valence-electron chi connectivity index (χ3n) is 4.47. The number of nitrogens with zero attached hydrogens (tertiary/aromatic N) is 3. The quantitative estimate of drug-likeness (QED) is 0.875. The fourth-order valence-electron chi connectivity index (χ4n) is 3.00.